The van der Waals surface area contributed by atoms with Crippen LogP contribution < -0.4 is 23.8 Å². The number of benzene rings is 5. The highest BCUT2D eigenvalue weighted by Gasteiger charge is 2.18. The summed E-state index contributed by atoms with van der Waals surface area (Å²) in [6, 6.07) is 43.2. The predicted octanol–water partition coefficient (Wildman–Crippen LogP) is 13.8. The zero-order chi connectivity index (χ0) is 40.0. The first-order chi connectivity index (χ1) is 28.0. The Balaban J connectivity index is 1.45. The number of hydrogen-bond donors (Lipinski definition) is 0. The molecule has 57 heavy (non-hydrogen) atoms. The lowest BCUT2D eigenvalue weighted by molar-refractivity contribution is 0.323. The van der Waals surface area contributed by atoms with Gasteiger partial charge in [-0.25, -0.2) is 4.98 Å². The van der Waals surface area contributed by atoms with E-state index in [1.165, 1.54) is 36.8 Å². The van der Waals surface area contributed by atoms with Crippen LogP contribution in [0, 0.1) is 0 Å². The molecule has 6 rings (SSSR count). The number of aryl methyl sites for hydroxylation is 2. The van der Waals surface area contributed by atoms with Crippen LogP contribution in [0.25, 0.3) is 33.6 Å². The Labute approximate surface area is 340 Å². The van der Waals surface area contributed by atoms with Gasteiger partial charge in [-0.2, -0.15) is 0 Å². The van der Waals surface area contributed by atoms with Crippen molar-refractivity contribution >= 4 is 17.1 Å². The van der Waals surface area contributed by atoms with E-state index in [1.807, 2.05) is 64.1 Å². The van der Waals surface area contributed by atoms with Crippen molar-refractivity contribution in [2.75, 3.05) is 31.3 Å². The number of nitrogens with zero attached hydrogens (tertiary/aromatic N) is 2. The number of anilines is 3. The number of ether oxygens (including phenoxy) is 4. The fraction of sp³-hybridized carbons (Fsp3) is 0.314. The number of unbranched alkanes of at least 4 members (excludes halogenated alkanes) is 2. The number of rotatable bonds is 20. The molecule has 6 nitrogen and oxygen atoms in total. The Morgan fingerprint density at radius 2 is 0.825 bits per heavy atom. The molecule has 0 amide bonds. The molecule has 0 aliphatic carbocycles. The lowest BCUT2D eigenvalue weighted by Crippen LogP contribution is -2.10. The fourth-order valence-electron chi connectivity index (χ4n) is 7.10. The minimum Gasteiger partial charge on any atom is -0.494 e. The molecule has 0 radical (unpaired) electrons. The highest BCUT2D eigenvalue weighted by atomic mass is 16.5. The lowest BCUT2D eigenvalue weighted by atomic mass is 9.98. The molecular weight excluding hydrogens is 705 g/mol. The topological polar surface area (TPSA) is 53.1 Å². The highest BCUT2D eigenvalue weighted by molar-refractivity contribution is 5.83. The van der Waals surface area contributed by atoms with Gasteiger partial charge in [-0.3, -0.25) is 0 Å². The Kier molecular flexibility index (Phi) is 14.7. The third-order valence-corrected chi connectivity index (χ3v) is 9.99. The minimum absolute atomic E-state index is 0.517. The molecule has 0 aliphatic rings. The fourth-order valence-corrected chi connectivity index (χ4v) is 7.10. The summed E-state index contributed by atoms with van der Waals surface area (Å²) < 4.78 is 24.1. The van der Waals surface area contributed by atoms with Crippen molar-refractivity contribution < 1.29 is 18.9 Å². The molecule has 0 N–H and O–H groups in total. The quantitative estimate of drug-likeness (QED) is 0.0772. The smallest absolute Gasteiger partial charge is 0.132 e. The summed E-state index contributed by atoms with van der Waals surface area (Å²) in [6.45, 7) is 14.6. The molecule has 0 fully saturated rings. The van der Waals surface area contributed by atoms with E-state index in [0.29, 0.717) is 26.4 Å². The summed E-state index contributed by atoms with van der Waals surface area (Å²) in [5, 5.41) is 0. The molecule has 1 aromatic heterocycles. The molecule has 6 heteroatoms. The first-order valence-electron chi connectivity index (χ1n) is 20.9. The van der Waals surface area contributed by atoms with Crippen LogP contribution in [0.3, 0.4) is 0 Å². The number of hydrogen-bond acceptors (Lipinski definition) is 6. The van der Waals surface area contributed by atoms with Gasteiger partial charge in [-0.1, -0.05) is 63.1 Å². The summed E-state index contributed by atoms with van der Waals surface area (Å²) in [6.07, 6.45) is 6.95. The standard InChI is InChI=1S/C51H58N2O4/c1-7-13-15-37-17-23-41(24-18-37)53(42-25-19-38(20-26-42)16-14-8-2)43-27-21-39(22-28-43)40-33-48(46-31-29-44(54-9-3)35-50(46)56-11-5)52-49(34-40)47-32-30-45(55-10-4)36-51(47)57-12-6/h17-36H,7-16H2,1-6H3. The van der Waals surface area contributed by atoms with E-state index in [1.54, 1.807) is 0 Å². The Morgan fingerprint density at radius 1 is 0.421 bits per heavy atom. The van der Waals surface area contributed by atoms with Gasteiger partial charge in [0.2, 0.25) is 0 Å². The van der Waals surface area contributed by atoms with Gasteiger partial charge in [0.25, 0.3) is 0 Å². The van der Waals surface area contributed by atoms with E-state index in [0.717, 1.165) is 86.5 Å². The maximum absolute atomic E-state index is 6.19. The van der Waals surface area contributed by atoms with Crippen LogP contribution in [-0.4, -0.2) is 31.4 Å². The molecule has 0 aliphatic heterocycles. The van der Waals surface area contributed by atoms with Gasteiger partial charge in [0.05, 0.1) is 37.8 Å². The van der Waals surface area contributed by atoms with Gasteiger partial charge in [0.15, 0.2) is 0 Å². The molecule has 0 bridgehead atoms. The van der Waals surface area contributed by atoms with E-state index >= 15 is 0 Å². The molecule has 0 saturated heterocycles. The summed E-state index contributed by atoms with van der Waals surface area (Å²) in [7, 11) is 0. The second-order valence-corrected chi connectivity index (χ2v) is 14.1. The van der Waals surface area contributed by atoms with Crippen LogP contribution in [0.4, 0.5) is 17.1 Å². The number of pyridine rings is 1. The van der Waals surface area contributed by atoms with Gasteiger partial charge < -0.3 is 23.8 Å². The van der Waals surface area contributed by atoms with E-state index in [4.69, 9.17) is 23.9 Å². The maximum Gasteiger partial charge on any atom is 0.132 e. The van der Waals surface area contributed by atoms with E-state index in [-0.39, 0.29) is 0 Å². The maximum atomic E-state index is 6.19. The van der Waals surface area contributed by atoms with Crippen molar-refractivity contribution in [2.24, 2.45) is 0 Å². The molecule has 0 saturated carbocycles. The van der Waals surface area contributed by atoms with Crippen LogP contribution in [0.2, 0.25) is 0 Å². The van der Waals surface area contributed by atoms with Crippen molar-refractivity contribution in [3.63, 3.8) is 0 Å². The minimum atomic E-state index is 0.517. The third kappa shape index (κ3) is 10.4. The molecule has 296 valence electrons. The molecule has 0 spiro atoms. The van der Waals surface area contributed by atoms with Gasteiger partial charge >= 0.3 is 0 Å². The monoisotopic (exact) mass is 762 g/mol. The van der Waals surface area contributed by atoms with Crippen molar-refractivity contribution in [2.45, 2.75) is 80.1 Å². The van der Waals surface area contributed by atoms with Crippen molar-refractivity contribution in [3.05, 3.63) is 132 Å². The zero-order valence-corrected chi connectivity index (χ0v) is 34.6. The Bertz CT molecular complexity index is 2030. The summed E-state index contributed by atoms with van der Waals surface area (Å²) in [5.74, 6) is 2.97. The molecule has 6 aromatic rings. The van der Waals surface area contributed by atoms with Crippen LogP contribution in [0.5, 0.6) is 23.0 Å². The third-order valence-electron chi connectivity index (χ3n) is 9.99. The average molecular weight is 763 g/mol. The molecule has 0 atom stereocenters. The van der Waals surface area contributed by atoms with E-state index < -0.39 is 0 Å². The normalized spacial score (nSPS) is 11.0. The SMILES string of the molecule is CCCCc1ccc(N(c2ccc(CCCC)cc2)c2ccc(-c3cc(-c4ccc(OCC)cc4OCC)nc(-c4ccc(OCC)cc4OCC)c3)cc2)cc1. The van der Waals surface area contributed by atoms with E-state index in [2.05, 4.69) is 104 Å². The zero-order valence-electron chi connectivity index (χ0n) is 34.6. The van der Waals surface area contributed by atoms with Crippen LogP contribution >= 0.6 is 0 Å². The second-order valence-electron chi connectivity index (χ2n) is 14.1. The highest BCUT2D eigenvalue weighted by Crippen LogP contribution is 2.41. The van der Waals surface area contributed by atoms with Crippen LogP contribution in [0.15, 0.2) is 121 Å². The van der Waals surface area contributed by atoms with Crippen molar-refractivity contribution in [1.82, 2.24) is 4.98 Å². The second kappa shape index (κ2) is 20.4. The summed E-state index contributed by atoms with van der Waals surface area (Å²) in [4.78, 5) is 7.61. The largest absolute Gasteiger partial charge is 0.494 e. The van der Waals surface area contributed by atoms with Crippen LogP contribution in [0.1, 0.15) is 78.4 Å². The molecular formula is C51H58N2O4. The molecule has 0 unspecified atom stereocenters. The Morgan fingerprint density at radius 3 is 1.21 bits per heavy atom. The first-order valence-corrected chi connectivity index (χ1v) is 20.9. The lowest BCUT2D eigenvalue weighted by Gasteiger charge is -2.26. The molecule has 1 heterocycles. The van der Waals surface area contributed by atoms with Gasteiger partial charge in [-0.15, -0.1) is 0 Å². The molecule has 5 aromatic carbocycles. The summed E-state index contributed by atoms with van der Waals surface area (Å²) in [5.41, 5.74) is 11.6. The van der Waals surface area contributed by atoms with Gasteiger partial charge in [0, 0.05) is 40.3 Å². The van der Waals surface area contributed by atoms with Gasteiger partial charge in [-0.05, 0) is 148 Å². The first kappa shape index (κ1) is 40.9. The van der Waals surface area contributed by atoms with Crippen LogP contribution in [-0.2, 0) is 12.8 Å². The van der Waals surface area contributed by atoms with Crippen molar-refractivity contribution in [3.8, 4) is 56.6 Å². The number of aromatic nitrogens is 1. The average Bonchev–Trinajstić information content (AvgIpc) is 3.24. The van der Waals surface area contributed by atoms with Gasteiger partial charge in [0.1, 0.15) is 23.0 Å². The Hall–Kier alpha value is -5.75. The summed E-state index contributed by atoms with van der Waals surface area (Å²) >= 11 is 0. The predicted molar refractivity (Wildman–Crippen MR) is 237 cm³/mol. The van der Waals surface area contributed by atoms with Crippen molar-refractivity contribution in [1.29, 1.82) is 0 Å². The van der Waals surface area contributed by atoms with E-state index in [9.17, 15) is 0 Å².